The summed E-state index contributed by atoms with van der Waals surface area (Å²) in [4.78, 5) is 34.2. The number of unbranched alkanes of at least 4 members (excludes halogenated alkanes) is 7. The van der Waals surface area contributed by atoms with E-state index >= 15 is 0 Å². The van der Waals surface area contributed by atoms with Crippen molar-refractivity contribution in [3.8, 4) is 11.6 Å². The summed E-state index contributed by atoms with van der Waals surface area (Å²) >= 11 is 0. The van der Waals surface area contributed by atoms with Gasteiger partial charge in [-0.2, -0.15) is 0 Å². The van der Waals surface area contributed by atoms with Gasteiger partial charge < -0.3 is 4.74 Å². The number of rotatable bonds is 16. The molecule has 2 rings (SSSR count). The van der Waals surface area contributed by atoms with Gasteiger partial charge in [0.25, 0.3) is 5.56 Å². The lowest BCUT2D eigenvalue weighted by Gasteiger charge is -2.07. The highest BCUT2D eigenvalue weighted by atomic mass is 17.2. The van der Waals surface area contributed by atoms with E-state index in [4.69, 9.17) is 14.5 Å². The van der Waals surface area contributed by atoms with Crippen molar-refractivity contribution in [1.82, 2.24) is 9.78 Å². The van der Waals surface area contributed by atoms with E-state index < -0.39 is 5.56 Å². The van der Waals surface area contributed by atoms with Crippen LogP contribution in [0, 0.1) is 0 Å². The number of carbonyl (C=O) groups is 1. The van der Waals surface area contributed by atoms with Gasteiger partial charge in [0.2, 0.25) is 5.88 Å². The second kappa shape index (κ2) is 13.8. The summed E-state index contributed by atoms with van der Waals surface area (Å²) in [5, 5.41) is 2.84. The molecule has 0 saturated heterocycles. The Morgan fingerprint density at radius 3 is 2.43 bits per heavy atom. The number of nitrogens with one attached hydrogen (secondary N) is 1. The molecule has 1 heterocycles. The Morgan fingerprint density at radius 2 is 1.73 bits per heavy atom. The Labute approximate surface area is 178 Å². The summed E-state index contributed by atoms with van der Waals surface area (Å²) in [6.07, 6.45) is 10.5. The van der Waals surface area contributed by atoms with E-state index in [0.29, 0.717) is 25.2 Å². The summed E-state index contributed by atoms with van der Waals surface area (Å²) in [5.74, 6) is 0.174. The molecule has 30 heavy (non-hydrogen) atoms. The molecule has 0 saturated carbocycles. The van der Waals surface area contributed by atoms with Crippen molar-refractivity contribution in [3.63, 3.8) is 0 Å². The first kappa shape index (κ1) is 23.9. The lowest BCUT2D eigenvalue weighted by atomic mass is 10.1. The van der Waals surface area contributed by atoms with Crippen LogP contribution in [-0.4, -0.2) is 29.3 Å². The molecule has 0 aliphatic heterocycles. The maximum absolute atomic E-state index is 12.4. The number of nitrogens with zero attached hydrogens (tertiary/aromatic N) is 1. The SMILES string of the molecule is CCCCCCCCCCOOCc1cccc(-n2[nH]c(OCC)c(C=O)c2=O)c1. The molecule has 0 aliphatic rings. The minimum atomic E-state index is -0.447. The fraction of sp³-hybridized carbons (Fsp3) is 0.565. The molecule has 0 unspecified atom stereocenters. The lowest BCUT2D eigenvalue weighted by Crippen LogP contribution is -2.17. The van der Waals surface area contributed by atoms with Crippen molar-refractivity contribution in [2.45, 2.75) is 71.8 Å². The molecule has 0 bridgehead atoms. The number of aromatic nitrogens is 2. The first-order chi connectivity index (χ1) is 14.7. The number of hydrogen-bond acceptors (Lipinski definition) is 5. The van der Waals surface area contributed by atoms with Crippen LogP contribution >= 0.6 is 0 Å². The normalized spacial score (nSPS) is 11.0. The number of ether oxygens (including phenoxy) is 1. The summed E-state index contributed by atoms with van der Waals surface area (Å²) in [5.41, 5.74) is 0.985. The Hall–Kier alpha value is -2.38. The number of benzene rings is 1. The molecule has 0 spiro atoms. The Balaban J connectivity index is 1.76. The second-order valence-corrected chi connectivity index (χ2v) is 7.27. The topological polar surface area (TPSA) is 82.5 Å². The summed E-state index contributed by atoms with van der Waals surface area (Å²) in [6, 6.07) is 7.29. The zero-order valence-corrected chi connectivity index (χ0v) is 18.2. The molecular weight excluding hydrogens is 384 g/mol. The summed E-state index contributed by atoms with van der Waals surface area (Å²) < 4.78 is 6.62. The Morgan fingerprint density at radius 1 is 1.00 bits per heavy atom. The van der Waals surface area contributed by atoms with Gasteiger partial charge in [0.05, 0.1) is 18.9 Å². The molecule has 0 atom stereocenters. The van der Waals surface area contributed by atoms with E-state index in [9.17, 15) is 9.59 Å². The van der Waals surface area contributed by atoms with Gasteiger partial charge in [-0.1, -0.05) is 64.0 Å². The minimum Gasteiger partial charge on any atom is -0.478 e. The van der Waals surface area contributed by atoms with E-state index in [1.54, 1.807) is 13.0 Å². The first-order valence-electron chi connectivity index (χ1n) is 11.0. The fourth-order valence-corrected chi connectivity index (χ4v) is 3.22. The number of hydrogen-bond donors (Lipinski definition) is 1. The van der Waals surface area contributed by atoms with Gasteiger partial charge in [-0.3, -0.25) is 14.7 Å². The smallest absolute Gasteiger partial charge is 0.285 e. The van der Waals surface area contributed by atoms with Crippen molar-refractivity contribution in [2.75, 3.05) is 13.2 Å². The van der Waals surface area contributed by atoms with Crippen LogP contribution in [0.3, 0.4) is 0 Å². The van der Waals surface area contributed by atoms with E-state index in [1.165, 1.54) is 43.2 Å². The zero-order chi connectivity index (χ0) is 21.6. The number of H-pyrrole nitrogens is 1. The lowest BCUT2D eigenvalue weighted by molar-refractivity contribution is -0.304. The standard InChI is InChI=1S/C23H34N2O5/c1-3-5-6-7-8-9-10-11-15-29-30-18-19-13-12-14-20(16-19)25-23(27)21(17-26)22(24-25)28-4-2/h12-14,16-17,24H,3-11,15,18H2,1-2H3. The monoisotopic (exact) mass is 418 g/mol. The molecule has 0 fully saturated rings. The molecule has 0 aliphatic carbocycles. The van der Waals surface area contributed by atoms with Crippen LogP contribution in [0.25, 0.3) is 5.69 Å². The fourth-order valence-electron chi connectivity index (χ4n) is 3.22. The molecule has 1 aromatic heterocycles. The van der Waals surface area contributed by atoms with Crippen LogP contribution in [0.5, 0.6) is 5.88 Å². The first-order valence-corrected chi connectivity index (χ1v) is 11.0. The van der Waals surface area contributed by atoms with Crippen molar-refractivity contribution in [2.24, 2.45) is 0 Å². The molecule has 0 amide bonds. The number of aldehydes is 1. The molecule has 7 nitrogen and oxygen atoms in total. The van der Waals surface area contributed by atoms with Crippen molar-refractivity contribution < 1.29 is 19.3 Å². The van der Waals surface area contributed by atoms with Crippen LogP contribution in [-0.2, 0) is 16.4 Å². The maximum Gasteiger partial charge on any atom is 0.285 e. The largest absolute Gasteiger partial charge is 0.478 e. The van der Waals surface area contributed by atoms with Crippen LogP contribution in [0.4, 0.5) is 0 Å². The van der Waals surface area contributed by atoms with E-state index in [2.05, 4.69) is 12.0 Å². The number of aromatic amines is 1. The van der Waals surface area contributed by atoms with Gasteiger partial charge >= 0.3 is 0 Å². The van der Waals surface area contributed by atoms with Gasteiger partial charge in [0.1, 0.15) is 12.2 Å². The zero-order valence-electron chi connectivity index (χ0n) is 18.2. The highest BCUT2D eigenvalue weighted by Gasteiger charge is 2.15. The Kier molecular flexibility index (Phi) is 11.0. The van der Waals surface area contributed by atoms with Gasteiger partial charge in [-0.15, -0.1) is 0 Å². The van der Waals surface area contributed by atoms with Gasteiger partial charge in [-0.25, -0.2) is 14.5 Å². The van der Waals surface area contributed by atoms with Gasteiger partial charge in [0, 0.05) is 0 Å². The molecule has 2 aromatic rings. The molecule has 166 valence electrons. The van der Waals surface area contributed by atoms with E-state index in [1.807, 2.05) is 18.2 Å². The number of carbonyl (C=O) groups excluding carboxylic acids is 1. The van der Waals surface area contributed by atoms with Crippen LogP contribution in [0.2, 0.25) is 0 Å². The molecule has 0 radical (unpaired) electrons. The van der Waals surface area contributed by atoms with Crippen LogP contribution < -0.4 is 10.3 Å². The highest BCUT2D eigenvalue weighted by molar-refractivity contribution is 5.77. The minimum absolute atomic E-state index is 0.0211. The quantitative estimate of drug-likeness (QED) is 0.180. The van der Waals surface area contributed by atoms with E-state index in [-0.39, 0.29) is 18.1 Å². The average Bonchev–Trinajstić information content (AvgIpc) is 3.07. The van der Waals surface area contributed by atoms with Crippen molar-refractivity contribution in [1.29, 1.82) is 0 Å². The third kappa shape index (κ3) is 7.46. The average molecular weight is 419 g/mol. The third-order valence-electron chi connectivity index (χ3n) is 4.86. The Bertz CT molecular complexity index is 812. The molecule has 1 N–H and O–H groups in total. The third-order valence-corrected chi connectivity index (χ3v) is 4.86. The summed E-state index contributed by atoms with van der Waals surface area (Å²) in [7, 11) is 0. The predicted octanol–water partition coefficient (Wildman–Crippen LogP) is 4.97. The second-order valence-electron chi connectivity index (χ2n) is 7.27. The van der Waals surface area contributed by atoms with Gasteiger partial charge in [-0.05, 0) is 31.0 Å². The molecule has 7 heteroatoms. The maximum atomic E-state index is 12.4. The van der Waals surface area contributed by atoms with Crippen molar-refractivity contribution >= 4 is 6.29 Å². The van der Waals surface area contributed by atoms with Crippen LogP contribution in [0.1, 0.15) is 81.1 Å². The van der Waals surface area contributed by atoms with Crippen molar-refractivity contribution in [3.05, 3.63) is 45.7 Å². The predicted molar refractivity (Wildman–Crippen MR) is 116 cm³/mol. The summed E-state index contributed by atoms with van der Waals surface area (Å²) in [6.45, 7) is 5.22. The molecule has 1 aromatic carbocycles. The highest BCUT2D eigenvalue weighted by Crippen LogP contribution is 2.15. The van der Waals surface area contributed by atoms with Gasteiger partial charge in [0.15, 0.2) is 6.29 Å². The van der Waals surface area contributed by atoms with Crippen LogP contribution in [0.15, 0.2) is 29.1 Å². The van der Waals surface area contributed by atoms with E-state index in [0.717, 1.165) is 18.4 Å². The molecular formula is C23H34N2O5.